The minimum absolute atomic E-state index is 0.0759. The van der Waals surface area contributed by atoms with Gasteiger partial charge in [0.25, 0.3) is 0 Å². The molecule has 0 bridgehead atoms. The van der Waals surface area contributed by atoms with Gasteiger partial charge in [-0.2, -0.15) is 0 Å². The number of sulfonamides is 1. The molecule has 8 heteroatoms. The van der Waals surface area contributed by atoms with Gasteiger partial charge in [0.2, 0.25) is 10.0 Å². The average molecular weight is 422 g/mol. The van der Waals surface area contributed by atoms with Crippen LogP contribution in [-0.4, -0.2) is 33.5 Å². The number of halogens is 3. The Hall–Kier alpha value is 0.340. The summed E-state index contributed by atoms with van der Waals surface area (Å²) in [6, 6.07) is 4.44. The van der Waals surface area contributed by atoms with Crippen LogP contribution in [-0.2, 0) is 14.8 Å². The number of nitrogens with one attached hydrogen (secondary N) is 1. The van der Waals surface area contributed by atoms with E-state index >= 15 is 0 Å². The molecule has 18 heavy (non-hydrogen) atoms. The van der Waals surface area contributed by atoms with Gasteiger partial charge in [-0.05, 0) is 34.1 Å². The molecule has 1 unspecified atom stereocenters. The molecular formula is C10H12Br2ClNO3S. The molecular weight excluding hydrogens is 409 g/mol. The molecule has 0 aliphatic rings. The van der Waals surface area contributed by atoms with Crippen LogP contribution < -0.4 is 4.72 Å². The number of ether oxygens (including phenoxy) is 1. The van der Waals surface area contributed by atoms with E-state index in [9.17, 15) is 8.42 Å². The zero-order valence-corrected chi connectivity index (χ0v) is 14.2. The first kappa shape index (κ1) is 16.4. The van der Waals surface area contributed by atoms with Gasteiger partial charge in [0.05, 0.1) is 21.4 Å². The van der Waals surface area contributed by atoms with Crippen molar-refractivity contribution in [1.82, 2.24) is 4.72 Å². The highest BCUT2D eigenvalue weighted by Crippen LogP contribution is 2.25. The molecule has 0 aliphatic heterocycles. The molecule has 0 heterocycles. The Balaban J connectivity index is 2.77. The predicted octanol–water partition coefficient (Wildman–Crippen LogP) is 2.79. The molecule has 1 aromatic rings. The minimum atomic E-state index is -3.54. The Labute approximate surface area is 128 Å². The molecule has 0 aromatic heterocycles. The zero-order chi connectivity index (χ0) is 13.8. The molecule has 1 rings (SSSR count). The minimum Gasteiger partial charge on any atom is -0.383 e. The molecule has 0 spiro atoms. The van der Waals surface area contributed by atoms with Crippen LogP contribution in [0.3, 0.4) is 0 Å². The maximum absolute atomic E-state index is 12.0. The SMILES string of the molecule is COCC(Br)CNS(=O)(=O)c1ccc(Cl)c(Br)c1. The van der Waals surface area contributed by atoms with E-state index in [1.54, 1.807) is 7.11 Å². The van der Waals surface area contributed by atoms with Crippen LogP contribution >= 0.6 is 43.5 Å². The smallest absolute Gasteiger partial charge is 0.240 e. The van der Waals surface area contributed by atoms with E-state index in [2.05, 4.69) is 36.6 Å². The largest absolute Gasteiger partial charge is 0.383 e. The maximum atomic E-state index is 12.0. The van der Waals surface area contributed by atoms with Crippen molar-refractivity contribution in [3.05, 3.63) is 27.7 Å². The highest BCUT2D eigenvalue weighted by molar-refractivity contribution is 9.10. The summed E-state index contributed by atoms with van der Waals surface area (Å²) < 4.78 is 31.9. The van der Waals surface area contributed by atoms with Crippen LogP contribution in [0.15, 0.2) is 27.6 Å². The van der Waals surface area contributed by atoms with Crippen LogP contribution in [0.4, 0.5) is 0 Å². The lowest BCUT2D eigenvalue weighted by atomic mass is 10.4. The molecule has 0 aliphatic carbocycles. The lowest BCUT2D eigenvalue weighted by Gasteiger charge is -2.11. The van der Waals surface area contributed by atoms with Crippen LogP contribution in [0.2, 0.25) is 5.02 Å². The summed E-state index contributed by atoms with van der Waals surface area (Å²) in [5, 5.41) is 0.465. The standard InChI is InChI=1S/C10H12Br2ClNO3S/c1-17-6-7(11)5-14-18(15,16)8-2-3-10(13)9(12)4-8/h2-4,7,14H,5-6H2,1H3. The van der Waals surface area contributed by atoms with E-state index in [4.69, 9.17) is 16.3 Å². The van der Waals surface area contributed by atoms with E-state index in [0.29, 0.717) is 16.1 Å². The summed E-state index contributed by atoms with van der Waals surface area (Å²) in [5.74, 6) is 0. The highest BCUT2D eigenvalue weighted by atomic mass is 79.9. The first-order valence-electron chi connectivity index (χ1n) is 4.94. The molecule has 1 N–H and O–H groups in total. The van der Waals surface area contributed by atoms with Crippen molar-refractivity contribution in [3.63, 3.8) is 0 Å². The van der Waals surface area contributed by atoms with Gasteiger partial charge < -0.3 is 4.74 Å². The molecule has 0 amide bonds. The van der Waals surface area contributed by atoms with Crippen molar-refractivity contribution in [2.75, 3.05) is 20.3 Å². The van der Waals surface area contributed by atoms with Gasteiger partial charge in [0.15, 0.2) is 0 Å². The van der Waals surface area contributed by atoms with Crippen molar-refractivity contribution >= 4 is 53.5 Å². The highest BCUT2D eigenvalue weighted by Gasteiger charge is 2.16. The zero-order valence-electron chi connectivity index (χ0n) is 9.49. The van der Waals surface area contributed by atoms with Crippen LogP contribution in [0.1, 0.15) is 0 Å². The molecule has 0 saturated heterocycles. The second kappa shape index (κ2) is 7.21. The summed E-state index contributed by atoms with van der Waals surface area (Å²) in [5.41, 5.74) is 0. The predicted molar refractivity (Wildman–Crippen MR) is 78.9 cm³/mol. The second-order valence-corrected chi connectivity index (χ2v) is 7.80. The fourth-order valence-electron chi connectivity index (χ4n) is 1.17. The number of methoxy groups -OCH3 is 1. The number of hydrogen-bond acceptors (Lipinski definition) is 3. The van der Waals surface area contributed by atoms with E-state index < -0.39 is 10.0 Å². The Morgan fingerprint density at radius 3 is 2.72 bits per heavy atom. The van der Waals surface area contributed by atoms with Crippen molar-refractivity contribution in [2.24, 2.45) is 0 Å². The lowest BCUT2D eigenvalue weighted by molar-refractivity contribution is 0.201. The van der Waals surface area contributed by atoms with E-state index in [1.165, 1.54) is 18.2 Å². The quantitative estimate of drug-likeness (QED) is 0.719. The van der Waals surface area contributed by atoms with Gasteiger partial charge in [-0.1, -0.05) is 27.5 Å². The van der Waals surface area contributed by atoms with Crippen molar-refractivity contribution in [2.45, 2.75) is 9.72 Å². The molecule has 0 fully saturated rings. The van der Waals surface area contributed by atoms with Gasteiger partial charge in [-0.15, -0.1) is 0 Å². The van der Waals surface area contributed by atoms with Crippen molar-refractivity contribution in [1.29, 1.82) is 0 Å². The molecule has 0 saturated carbocycles. The fourth-order valence-corrected chi connectivity index (χ4v) is 3.56. The molecule has 1 atom stereocenters. The maximum Gasteiger partial charge on any atom is 0.240 e. The Bertz CT molecular complexity index is 510. The van der Waals surface area contributed by atoms with Crippen molar-refractivity contribution in [3.8, 4) is 0 Å². The number of alkyl halides is 1. The Kier molecular flexibility index (Phi) is 6.57. The molecule has 4 nitrogen and oxygen atoms in total. The molecule has 102 valence electrons. The second-order valence-electron chi connectivity index (χ2n) is 3.48. The third-order valence-corrected chi connectivity index (χ3v) is 5.27. The summed E-state index contributed by atoms with van der Waals surface area (Å²) in [6.07, 6.45) is 0. The van der Waals surface area contributed by atoms with Crippen LogP contribution in [0.5, 0.6) is 0 Å². The normalized spacial score (nSPS) is 13.6. The summed E-state index contributed by atoms with van der Waals surface area (Å²) in [4.78, 5) is 0.0870. The number of benzene rings is 1. The van der Waals surface area contributed by atoms with E-state index in [1.807, 2.05) is 0 Å². The van der Waals surface area contributed by atoms with E-state index in [-0.39, 0.29) is 16.3 Å². The van der Waals surface area contributed by atoms with Crippen LogP contribution in [0, 0.1) is 0 Å². The average Bonchev–Trinajstić information content (AvgIpc) is 2.30. The first-order valence-corrected chi connectivity index (χ1v) is 8.51. The van der Waals surface area contributed by atoms with Gasteiger partial charge in [-0.25, -0.2) is 13.1 Å². The fraction of sp³-hybridized carbons (Fsp3) is 0.400. The van der Waals surface area contributed by atoms with E-state index in [0.717, 1.165) is 0 Å². The third kappa shape index (κ3) is 4.79. The van der Waals surface area contributed by atoms with Crippen LogP contribution in [0.25, 0.3) is 0 Å². The molecule has 0 radical (unpaired) electrons. The number of hydrogen-bond donors (Lipinski definition) is 1. The summed E-state index contributed by atoms with van der Waals surface area (Å²) in [7, 11) is -1.98. The summed E-state index contributed by atoms with van der Waals surface area (Å²) in [6.45, 7) is 0.670. The van der Waals surface area contributed by atoms with Gasteiger partial charge in [0.1, 0.15) is 0 Å². The third-order valence-electron chi connectivity index (χ3n) is 2.04. The number of rotatable bonds is 6. The lowest BCUT2D eigenvalue weighted by Crippen LogP contribution is -2.31. The van der Waals surface area contributed by atoms with Gasteiger partial charge in [0, 0.05) is 18.1 Å². The topological polar surface area (TPSA) is 55.4 Å². The van der Waals surface area contributed by atoms with Crippen molar-refractivity contribution < 1.29 is 13.2 Å². The Morgan fingerprint density at radius 1 is 1.50 bits per heavy atom. The summed E-state index contributed by atoms with van der Waals surface area (Å²) >= 11 is 12.3. The van der Waals surface area contributed by atoms with Gasteiger partial charge >= 0.3 is 0 Å². The monoisotopic (exact) mass is 419 g/mol. The Morgan fingerprint density at radius 2 is 2.17 bits per heavy atom. The molecule has 1 aromatic carbocycles. The first-order chi connectivity index (χ1) is 8.36. The van der Waals surface area contributed by atoms with Gasteiger partial charge in [-0.3, -0.25) is 0 Å².